The minimum Gasteiger partial charge on any atom is -0.298 e. The number of carbonyl (C=O) groups excluding carboxylic acids is 1. The van der Waals surface area contributed by atoms with Crippen LogP contribution >= 0.6 is 15.9 Å². The molecular formula is C19H13BrO. The average Bonchev–Trinajstić information content (AvgIpc) is 2.53. The number of hydrogen-bond donors (Lipinski definition) is 0. The molecule has 0 heterocycles. The summed E-state index contributed by atoms with van der Waals surface area (Å²) in [6.45, 7) is 0. The van der Waals surface area contributed by atoms with Crippen LogP contribution in [0.4, 0.5) is 0 Å². The first kappa shape index (κ1) is 12.8. The smallest absolute Gasteiger partial charge is 0.147 e. The van der Waals surface area contributed by atoms with E-state index in [9.17, 15) is 4.79 Å². The third-order valence-corrected chi connectivity index (χ3v) is 4.78. The zero-order valence-corrected chi connectivity index (χ0v) is 13.0. The van der Waals surface area contributed by atoms with Crippen molar-refractivity contribution in [2.75, 3.05) is 5.33 Å². The molecule has 0 amide bonds. The van der Waals surface area contributed by atoms with E-state index in [0.29, 0.717) is 11.8 Å². The third-order valence-electron chi connectivity index (χ3n) is 4.16. The summed E-state index contributed by atoms with van der Waals surface area (Å²) in [7, 11) is 0. The number of benzene rings is 4. The number of ketones is 1. The summed E-state index contributed by atoms with van der Waals surface area (Å²) in [5, 5.41) is 7.96. The molecule has 0 fully saturated rings. The maximum atomic E-state index is 11.8. The molecule has 0 aliphatic carbocycles. The molecule has 0 saturated heterocycles. The molecule has 2 heteroatoms. The van der Waals surface area contributed by atoms with Crippen molar-refractivity contribution >= 4 is 54.0 Å². The fourth-order valence-electron chi connectivity index (χ4n) is 3.21. The van der Waals surface area contributed by atoms with Gasteiger partial charge in [0.15, 0.2) is 0 Å². The second-order valence-electron chi connectivity index (χ2n) is 5.43. The van der Waals surface area contributed by atoms with Crippen LogP contribution in [0.5, 0.6) is 0 Å². The zero-order valence-electron chi connectivity index (χ0n) is 11.4. The van der Waals surface area contributed by atoms with E-state index in [4.69, 9.17) is 0 Å². The van der Waals surface area contributed by atoms with E-state index < -0.39 is 0 Å². The van der Waals surface area contributed by atoms with Crippen LogP contribution < -0.4 is 0 Å². The zero-order chi connectivity index (χ0) is 14.4. The molecule has 0 bridgehead atoms. The van der Waals surface area contributed by atoms with Crippen molar-refractivity contribution in [2.24, 2.45) is 0 Å². The van der Waals surface area contributed by atoms with Gasteiger partial charge in [0.25, 0.3) is 0 Å². The number of carbonyl (C=O) groups is 1. The molecule has 4 aromatic rings. The van der Waals surface area contributed by atoms with Gasteiger partial charge < -0.3 is 0 Å². The van der Waals surface area contributed by atoms with E-state index in [2.05, 4.69) is 70.5 Å². The number of rotatable bonds is 3. The predicted octanol–water partition coefficient (Wildman–Crippen LogP) is 5.09. The van der Waals surface area contributed by atoms with Crippen LogP contribution in [0.3, 0.4) is 0 Å². The molecule has 102 valence electrons. The lowest BCUT2D eigenvalue weighted by molar-refractivity contribution is -0.115. The minimum atomic E-state index is 0.213. The minimum absolute atomic E-state index is 0.213. The molecule has 0 aliphatic rings. The summed E-state index contributed by atoms with van der Waals surface area (Å²) in [5.74, 6) is 0.213. The third kappa shape index (κ3) is 1.94. The molecule has 0 aromatic heterocycles. The fraction of sp³-hybridized carbons (Fsp3) is 0.105. The van der Waals surface area contributed by atoms with Gasteiger partial charge in [0.05, 0.1) is 5.33 Å². The van der Waals surface area contributed by atoms with Gasteiger partial charge in [0.1, 0.15) is 5.78 Å². The first-order valence-electron chi connectivity index (χ1n) is 7.01. The Bertz CT molecular complexity index is 955. The number of Topliss-reactive ketones (excluding diaryl/α,β-unsaturated/α-hetero) is 1. The van der Waals surface area contributed by atoms with Gasteiger partial charge in [-0.25, -0.2) is 0 Å². The van der Waals surface area contributed by atoms with Crippen molar-refractivity contribution in [1.29, 1.82) is 0 Å². The van der Waals surface area contributed by atoms with Crippen LogP contribution in [0.25, 0.3) is 32.3 Å². The highest BCUT2D eigenvalue weighted by Crippen LogP contribution is 2.35. The Morgan fingerprint density at radius 2 is 1.43 bits per heavy atom. The van der Waals surface area contributed by atoms with Crippen molar-refractivity contribution in [3.63, 3.8) is 0 Å². The highest BCUT2D eigenvalue weighted by molar-refractivity contribution is 9.09. The van der Waals surface area contributed by atoms with E-state index in [0.717, 1.165) is 5.56 Å². The van der Waals surface area contributed by atoms with Gasteiger partial charge in [-0.2, -0.15) is 0 Å². The summed E-state index contributed by atoms with van der Waals surface area (Å²) in [5.41, 5.74) is 1.12. The molecule has 0 unspecified atom stereocenters. The molecule has 0 atom stereocenters. The van der Waals surface area contributed by atoms with E-state index in [1.165, 1.54) is 32.3 Å². The van der Waals surface area contributed by atoms with Crippen LogP contribution in [-0.4, -0.2) is 11.1 Å². The molecule has 21 heavy (non-hydrogen) atoms. The van der Waals surface area contributed by atoms with E-state index >= 15 is 0 Å². The lowest BCUT2D eigenvalue weighted by Gasteiger charge is -2.13. The Kier molecular flexibility index (Phi) is 2.93. The Morgan fingerprint density at radius 1 is 0.810 bits per heavy atom. The Balaban J connectivity index is 2.13. The fourth-order valence-corrected chi connectivity index (χ4v) is 3.41. The molecule has 0 spiro atoms. The quantitative estimate of drug-likeness (QED) is 0.376. The van der Waals surface area contributed by atoms with Crippen LogP contribution in [0, 0.1) is 0 Å². The molecule has 0 radical (unpaired) electrons. The van der Waals surface area contributed by atoms with Gasteiger partial charge in [-0.3, -0.25) is 4.79 Å². The van der Waals surface area contributed by atoms with E-state index in [1.807, 2.05) is 0 Å². The molecule has 0 N–H and O–H groups in total. The average molecular weight is 337 g/mol. The van der Waals surface area contributed by atoms with Crippen molar-refractivity contribution < 1.29 is 4.79 Å². The van der Waals surface area contributed by atoms with Crippen LogP contribution in [0.15, 0.2) is 54.6 Å². The normalized spacial score (nSPS) is 11.7. The van der Waals surface area contributed by atoms with Crippen molar-refractivity contribution in [1.82, 2.24) is 0 Å². The van der Waals surface area contributed by atoms with Crippen molar-refractivity contribution in [2.45, 2.75) is 6.42 Å². The second kappa shape index (κ2) is 4.81. The summed E-state index contributed by atoms with van der Waals surface area (Å²) >= 11 is 3.25. The summed E-state index contributed by atoms with van der Waals surface area (Å²) < 4.78 is 0. The monoisotopic (exact) mass is 336 g/mol. The number of alkyl halides is 1. The first-order valence-corrected chi connectivity index (χ1v) is 8.13. The highest BCUT2D eigenvalue weighted by atomic mass is 79.9. The van der Waals surface area contributed by atoms with Crippen molar-refractivity contribution in [3.8, 4) is 0 Å². The molecule has 0 aliphatic heterocycles. The van der Waals surface area contributed by atoms with Crippen LogP contribution in [-0.2, 0) is 11.2 Å². The lowest BCUT2D eigenvalue weighted by Crippen LogP contribution is -2.04. The first-order chi connectivity index (χ1) is 10.3. The van der Waals surface area contributed by atoms with Gasteiger partial charge in [-0.15, -0.1) is 0 Å². The largest absolute Gasteiger partial charge is 0.298 e. The maximum absolute atomic E-state index is 11.8. The van der Waals surface area contributed by atoms with Gasteiger partial charge in [0, 0.05) is 6.42 Å². The SMILES string of the molecule is O=C(CBr)Cc1ccc2ccc3cccc4ccc1c2c34. The Hall–Kier alpha value is -1.93. The standard InChI is InChI=1S/C19H13BrO/c20-11-16(21)10-15-7-6-14-5-4-12-2-1-3-13-8-9-17(15)19(14)18(12)13/h1-9H,10-11H2. The van der Waals surface area contributed by atoms with Crippen LogP contribution in [0.2, 0.25) is 0 Å². The Morgan fingerprint density at radius 3 is 2.14 bits per heavy atom. The molecule has 4 rings (SSSR count). The lowest BCUT2D eigenvalue weighted by atomic mass is 9.91. The topological polar surface area (TPSA) is 17.1 Å². The maximum Gasteiger partial charge on any atom is 0.147 e. The molecule has 0 saturated carbocycles. The van der Waals surface area contributed by atoms with Gasteiger partial charge in [-0.1, -0.05) is 70.5 Å². The van der Waals surface area contributed by atoms with Gasteiger partial charge in [0.2, 0.25) is 0 Å². The summed E-state index contributed by atoms with van der Waals surface area (Å²) in [4.78, 5) is 11.8. The highest BCUT2D eigenvalue weighted by Gasteiger charge is 2.12. The molecule has 1 nitrogen and oxygen atoms in total. The van der Waals surface area contributed by atoms with E-state index in [-0.39, 0.29) is 5.78 Å². The number of hydrogen-bond acceptors (Lipinski definition) is 1. The predicted molar refractivity (Wildman–Crippen MR) is 92.7 cm³/mol. The molecular weight excluding hydrogens is 324 g/mol. The van der Waals surface area contributed by atoms with Gasteiger partial charge in [-0.05, 0) is 37.9 Å². The second-order valence-corrected chi connectivity index (χ2v) is 5.99. The molecule has 4 aromatic carbocycles. The summed E-state index contributed by atoms with van der Waals surface area (Å²) in [6, 6.07) is 19.3. The van der Waals surface area contributed by atoms with E-state index in [1.54, 1.807) is 0 Å². The Labute approximate surface area is 131 Å². The van der Waals surface area contributed by atoms with Crippen LogP contribution in [0.1, 0.15) is 5.56 Å². The number of halogens is 1. The van der Waals surface area contributed by atoms with Crippen molar-refractivity contribution in [3.05, 3.63) is 60.2 Å². The van der Waals surface area contributed by atoms with Gasteiger partial charge >= 0.3 is 0 Å². The summed E-state index contributed by atoms with van der Waals surface area (Å²) in [6.07, 6.45) is 0.486.